The quantitative estimate of drug-likeness (QED) is 0.892. The normalized spacial score (nSPS) is 31.8. The summed E-state index contributed by atoms with van der Waals surface area (Å²) in [4.78, 5) is 4.43. The summed E-state index contributed by atoms with van der Waals surface area (Å²) in [5.74, 6) is 2.09. The Bertz CT molecular complexity index is 398. The highest BCUT2D eigenvalue weighted by atomic mass is 15.3. The van der Waals surface area contributed by atoms with E-state index in [0.717, 1.165) is 24.2 Å². The van der Waals surface area contributed by atoms with Gasteiger partial charge in [0.2, 0.25) is 0 Å². The second kappa shape index (κ2) is 5.00. The Hall–Kier alpha value is -0.900. The van der Waals surface area contributed by atoms with Crippen molar-refractivity contribution in [1.29, 1.82) is 0 Å². The predicted octanol–water partition coefficient (Wildman–Crippen LogP) is 2.32. The van der Waals surface area contributed by atoms with E-state index in [1.54, 1.807) is 6.33 Å². The molecule has 0 aromatic carbocycles. The maximum Gasteiger partial charge on any atom is 0.138 e. The molecule has 1 aliphatic heterocycles. The minimum atomic E-state index is 0.408. The summed E-state index contributed by atoms with van der Waals surface area (Å²) >= 11 is 0. The van der Waals surface area contributed by atoms with E-state index in [1.807, 2.05) is 0 Å². The summed E-state index contributed by atoms with van der Waals surface area (Å²) in [6.45, 7) is 4.33. The predicted molar refractivity (Wildman–Crippen MR) is 71.4 cm³/mol. The van der Waals surface area contributed by atoms with E-state index in [0.29, 0.717) is 12.1 Å². The zero-order valence-electron chi connectivity index (χ0n) is 11.5. The van der Waals surface area contributed by atoms with E-state index in [2.05, 4.69) is 33.9 Å². The van der Waals surface area contributed by atoms with Crippen LogP contribution in [0.15, 0.2) is 6.33 Å². The molecule has 4 heteroatoms. The average molecular weight is 248 g/mol. The molecule has 0 radical (unpaired) electrons. The molecule has 3 atom stereocenters. The van der Waals surface area contributed by atoms with Crippen molar-refractivity contribution in [2.75, 3.05) is 0 Å². The first-order chi connectivity index (χ1) is 8.74. The molecule has 1 N–H and O–H groups in total. The Kier molecular flexibility index (Phi) is 3.37. The van der Waals surface area contributed by atoms with Gasteiger partial charge in [-0.25, -0.2) is 9.67 Å². The third-order valence-electron chi connectivity index (χ3n) is 4.56. The smallest absolute Gasteiger partial charge is 0.138 e. The van der Waals surface area contributed by atoms with Gasteiger partial charge in [-0.1, -0.05) is 6.42 Å². The summed E-state index contributed by atoms with van der Waals surface area (Å²) in [7, 11) is 0. The van der Waals surface area contributed by atoms with Crippen LogP contribution in [-0.2, 0) is 6.42 Å². The lowest BCUT2D eigenvalue weighted by Gasteiger charge is -2.33. The molecule has 4 nitrogen and oxygen atoms in total. The first kappa shape index (κ1) is 12.2. The lowest BCUT2D eigenvalue weighted by Crippen LogP contribution is -2.46. The van der Waals surface area contributed by atoms with Crippen molar-refractivity contribution in [2.24, 2.45) is 5.92 Å². The lowest BCUT2D eigenvalue weighted by atomic mass is 9.88. The molecule has 1 saturated carbocycles. The molecular formula is C14H24N4. The molecular weight excluding hydrogens is 224 g/mol. The van der Waals surface area contributed by atoms with Gasteiger partial charge in [0, 0.05) is 24.5 Å². The van der Waals surface area contributed by atoms with Crippen molar-refractivity contribution in [2.45, 2.75) is 70.5 Å². The lowest BCUT2D eigenvalue weighted by molar-refractivity contribution is 0.253. The summed E-state index contributed by atoms with van der Waals surface area (Å²) in [5.41, 5.74) is 0. The summed E-state index contributed by atoms with van der Waals surface area (Å²) in [5, 5.41) is 8.16. The number of rotatable bonds is 3. The average Bonchev–Trinajstić information content (AvgIpc) is 2.96. The Morgan fingerprint density at radius 2 is 2.22 bits per heavy atom. The Labute approximate surface area is 109 Å². The summed E-state index contributed by atoms with van der Waals surface area (Å²) in [6, 6.07) is 1.79. The number of aromatic nitrogens is 3. The first-order valence-electron chi connectivity index (χ1n) is 7.38. The summed E-state index contributed by atoms with van der Waals surface area (Å²) in [6.07, 6.45) is 9.64. The second-order valence-electron chi connectivity index (χ2n) is 6.16. The zero-order chi connectivity index (χ0) is 12.5. The third kappa shape index (κ3) is 2.30. The van der Waals surface area contributed by atoms with Gasteiger partial charge in [0.05, 0.1) is 0 Å². The molecule has 1 aromatic heterocycles. The number of nitrogens with one attached hydrogen (secondary N) is 1. The van der Waals surface area contributed by atoms with Crippen LogP contribution in [0.4, 0.5) is 0 Å². The topological polar surface area (TPSA) is 42.7 Å². The van der Waals surface area contributed by atoms with Crippen molar-refractivity contribution in [3.8, 4) is 0 Å². The van der Waals surface area contributed by atoms with Crippen LogP contribution in [-0.4, -0.2) is 26.8 Å². The molecule has 2 aliphatic rings. The fraction of sp³-hybridized carbons (Fsp3) is 0.857. The van der Waals surface area contributed by atoms with E-state index in [-0.39, 0.29) is 0 Å². The molecule has 2 heterocycles. The fourth-order valence-electron chi connectivity index (χ4n) is 3.64. The highest BCUT2D eigenvalue weighted by Gasteiger charge is 2.33. The Morgan fingerprint density at radius 3 is 3.06 bits per heavy atom. The van der Waals surface area contributed by atoms with Crippen LogP contribution in [0.2, 0.25) is 0 Å². The van der Waals surface area contributed by atoms with Crippen LogP contribution >= 0.6 is 0 Å². The largest absolute Gasteiger partial charge is 0.311 e. The van der Waals surface area contributed by atoms with Gasteiger partial charge in [0.25, 0.3) is 0 Å². The Morgan fingerprint density at radius 1 is 1.33 bits per heavy atom. The fourth-order valence-corrected chi connectivity index (χ4v) is 3.64. The maximum absolute atomic E-state index is 4.43. The van der Waals surface area contributed by atoms with Crippen LogP contribution in [0.5, 0.6) is 0 Å². The van der Waals surface area contributed by atoms with E-state index < -0.39 is 0 Å². The molecule has 1 saturated heterocycles. The van der Waals surface area contributed by atoms with Crippen LogP contribution in [0.1, 0.15) is 57.8 Å². The molecule has 1 aliphatic carbocycles. The minimum Gasteiger partial charge on any atom is -0.311 e. The van der Waals surface area contributed by atoms with Crippen molar-refractivity contribution in [3.63, 3.8) is 0 Å². The van der Waals surface area contributed by atoms with Crippen LogP contribution < -0.4 is 5.32 Å². The van der Waals surface area contributed by atoms with E-state index in [1.165, 1.54) is 32.1 Å². The highest BCUT2D eigenvalue weighted by Crippen LogP contribution is 2.34. The monoisotopic (exact) mass is 248 g/mol. The number of nitrogens with zero attached hydrogens (tertiary/aromatic N) is 3. The second-order valence-corrected chi connectivity index (χ2v) is 6.16. The van der Waals surface area contributed by atoms with Crippen molar-refractivity contribution in [3.05, 3.63) is 12.2 Å². The van der Waals surface area contributed by atoms with Crippen molar-refractivity contribution < 1.29 is 0 Å². The molecule has 0 amide bonds. The Balaban J connectivity index is 1.64. The molecule has 1 aromatic rings. The number of hydrogen-bond donors (Lipinski definition) is 1. The number of piperidine rings is 1. The van der Waals surface area contributed by atoms with Gasteiger partial charge in [0.15, 0.2) is 0 Å². The first-order valence-corrected chi connectivity index (χ1v) is 7.38. The molecule has 0 spiro atoms. The maximum atomic E-state index is 4.43. The van der Waals surface area contributed by atoms with Gasteiger partial charge in [-0.2, -0.15) is 5.10 Å². The van der Waals surface area contributed by atoms with E-state index in [9.17, 15) is 0 Å². The van der Waals surface area contributed by atoms with E-state index >= 15 is 0 Å². The highest BCUT2D eigenvalue weighted by molar-refractivity contribution is 4.97. The van der Waals surface area contributed by atoms with Crippen molar-refractivity contribution >= 4 is 0 Å². The molecule has 2 fully saturated rings. The standard InChI is InChI=1S/C14H24N4/c1-10(2)18-14(15-9-16-18)8-12-7-6-11-4-3-5-13(11)17-12/h9-13,17H,3-8H2,1-2H3. The minimum absolute atomic E-state index is 0.408. The summed E-state index contributed by atoms with van der Waals surface area (Å²) < 4.78 is 2.06. The van der Waals surface area contributed by atoms with Crippen LogP contribution in [0.25, 0.3) is 0 Å². The van der Waals surface area contributed by atoms with Gasteiger partial charge < -0.3 is 5.32 Å². The van der Waals surface area contributed by atoms with Gasteiger partial charge >= 0.3 is 0 Å². The number of hydrogen-bond acceptors (Lipinski definition) is 3. The van der Waals surface area contributed by atoms with Crippen LogP contribution in [0, 0.1) is 5.92 Å². The SMILES string of the molecule is CC(C)n1ncnc1CC1CCC2CCCC2N1. The molecule has 100 valence electrons. The molecule has 3 unspecified atom stereocenters. The number of fused-ring (bicyclic) bond motifs is 1. The third-order valence-corrected chi connectivity index (χ3v) is 4.56. The van der Waals surface area contributed by atoms with E-state index in [4.69, 9.17) is 0 Å². The zero-order valence-corrected chi connectivity index (χ0v) is 11.5. The van der Waals surface area contributed by atoms with Gasteiger partial charge in [0.1, 0.15) is 12.2 Å². The molecule has 0 bridgehead atoms. The van der Waals surface area contributed by atoms with Crippen molar-refractivity contribution in [1.82, 2.24) is 20.1 Å². The van der Waals surface area contributed by atoms with Gasteiger partial charge in [-0.05, 0) is 45.4 Å². The van der Waals surface area contributed by atoms with Gasteiger partial charge in [-0.15, -0.1) is 0 Å². The molecule has 3 rings (SSSR count). The molecule has 18 heavy (non-hydrogen) atoms. The van der Waals surface area contributed by atoms with Crippen LogP contribution in [0.3, 0.4) is 0 Å². The van der Waals surface area contributed by atoms with Gasteiger partial charge in [-0.3, -0.25) is 0 Å².